The molecule has 0 radical (unpaired) electrons. The molecule has 2 aromatic rings. The number of carbonyl (C=O) groups excluding carboxylic acids is 2. The number of nitrogens with one attached hydrogen (secondary N) is 1. The van der Waals surface area contributed by atoms with Crippen LogP contribution in [0.15, 0.2) is 42.5 Å². The molecule has 142 valence electrons. The highest BCUT2D eigenvalue weighted by Gasteiger charge is 2.26. The first kappa shape index (κ1) is 19.3. The number of hydrogen-bond donors (Lipinski definition) is 1. The van der Waals surface area contributed by atoms with E-state index in [2.05, 4.69) is 5.32 Å². The molecule has 1 aliphatic rings. The smallest absolute Gasteiger partial charge is 0.258 e. The van der Waals surface area contributed by atoms with Gasteiger partial charge in [-0.05, 0) is 36.4 Å². The summed E-state index contributed by atoms with van der Waals surface area (Å²) >= 11 is 5.95. The van der Waals surface area contributed by atoms with E-state index >= 15 is 0 Å². The summed E-state index contributed by atoms with van der Waals surface area (Å²) in [5.74, 6) is -1.69. The fraction of sp³-hybridized carbons (Fsp3) is 0.263. The number of anilines is 1. The van der Waals surface area contributed by atoms with Crippen molar-refractivity contribution in [2.24, 2.45) is 0 Å². The maximum absolute atomic E-state index is 13.9. The van der Waals surface area contributed by atoms with Crippen LogP contribution in [0.5, 0.6) is 0 Å². The van der Waals surface area contributed by atoms with E-state index in [0.29, 0.717) is 31.9 Å². The van der Waals surface area contributed by atoms with E-state index in [-0.39, 0.29) is 28.9 Å². The summed E-state index contributed by atoms with van der Waals surface area (Å²) in [5, 5.41) is 2.78. The Kier molecular flexibility index (Phi) is 6.03. The average Bonchev–Trinajstić information content (AvgIpc) is 2.64. The first-order valence-electron chi connectivity index (χ1n) is 8.45. The monoisotopic (exact) mass is 393 g/mol. The average molecular weight is 394 g/mol. The molecule has 8 heteroatoms. The molecule has 5 nitrogen and oxygen atoms in total. The minimum atomic E-state index is -0.645. The van der Waals surface area contributed by atoms with E-state index in [1.54, 1.807) is 0 Å². The van der Waals surface area contributed by atoms with Crippen molar-refractivity contribution in [2.75, 3.05) is 38.0 Å². The van der Waals surface area contributed by atoms with Gasteiger partial charge in [0.25, 0.3) is 5.91 Å². The van der Waals surface area contributed by atoms with E-state index in [4.69, 9.17) is 11.6 Å². The summed E-state index contributed by atoms with van der Waals surface area (Å²) in [6.07, 6.45) is 0. The lowest BCUT2D eigenvalue weighted by Gasteiger charge is -2.34. The van der Waals surface area contributed by atoms with Crippen LogP contribution in [0.2, 0.25) is 5.02 Å². The first-order chi connectivity index (χ1) is 12.9. The molecule has 1 saturated heterocycles. The van der Waals surface area contributed by atoms with Gasteiger partial charge in [-0.2, -0.15) is 0 Å². The van der Waals surface area contributed by atoms with Crippen molar-refractivity contribution in [2.45, 2.75) is 0 Å². The Morgan fingerprint density at radius 3 is 2.30 bits per heavy atom. The lowest BCUT2D eigenvalue weighted by Crippen LogP contribution is -2.50. The molecule has 0 spiro atoms. The quantitative estimate of drug-likeness (QED) is 0.868. The van der Waals surface area contributed by atoms with Crippen molar-refractivity contribution < 1.29 is 18.4 Å². The summed E-state index contributed by atoms with van der Waals surface area (Å²) in [5.41, 5.74) is 0.395. The summed E-state index contributed by atoms with van der Waals surface area (Å²) in [4.78, 5) is 28.0. The Bertz CT molecular complexity index is 817. The highest BCUT2D eigenvalue weighted by atomic mass is 35.5. The lowest BCUT2D eigenvalue weighted by atomic mass is 10.1. The molecule has 1 heterocycles. The number of piperazine rings is 1. The van der Waals surface area contributed by atoms with Crippen LogP contribution in [0, 0.1) is 11.6 Å². The molecule has 2 aromatic carbocycles. The number of nitrogens with zero attached hydrogens (tertiary/aromatic N) is 2. The molecule has 2 amide bonds. The van der Waals surface area contributed by atoms with Gasteiger partial charge in [0, 0.05) is 31.9 Å². The van der Waals surface area contributed by atoms with Crippen molar-refractivity contribution in [3.05, 3.63) is 64.7 Å². The van der Waals surface area contributed by atoms with Crippen molar-refractivity contribution >= 4 is 29.1 Å². The molecule has 1 aliphatic heterocycles. The zero-order chi connectivity index (χ0) is 19.4. The first-order valence-corrected chi connectivity index (χ1v) is 8.83. The van der Waals surface area contributed by atoms with E-state index in [1.165, 1.54) is 47.4 Å². The van der Waals surface area contributed by atoms with E-state index in [1.807, 2.05) is 4.90 Å². The maximum atomic E-state index is 13.9. The summed E-state index contributed by atoms with van der Waals surface area (Å²) in [6.45, 7) is 1.85. The van der Waals surface area contributed by atoms with Crippen molar-refractivity contribution in [3.8, 4) is 0 Å². The van der Waals surface area contributed by atoms with Crippen LogP contribution in [0.3, 0.4) is 0 Å². The number of hydrogen-bond acceptors (Lipinski definition) is 3. The summed E-state index contributed by atoms with van der Waals surface area (Å²) in [7, 11) is 0. The van der Waals surface area contributed by atoms with Gasteiger partial charge < -0.3 is 10.2 Å². The SMILES string of the molecule is O=C(CN1CCN(C(=O)c2c(F)cccc2Cl)CC1)Nc1ccc(F)cc1. The van der Waals surface area contributed by atoms with Crippen LogP contribution < -0.4 is 5.32 Å². The second-order valence-corrected chi connectivity index (χ2v) is 6.63. The van der Waals surface area contributed by atoms with Gasteiger partial charge in [-0.25, -0.2) is 8.78 Å². The molecule has 0 aromatic heterocycles. The van der Waals surface area contributed by atoms with Crippen LogP contribution in [0.25, 0.3) is 0 Å². The largest absolute Gasteiger partial charge is 0.336 e. The Balaban J connectivity index is 1.52. The van der Waals surface area contributed by atoms with Crippen LogP contribution in [0.1, 0.15) is 10.4 Å². The van der Waals surface area contributed by atoms with Crippen molar-refractivity contribution in [1.82, 2.24) is 9.80 Å². The van der Waals surface area contributed by atoms with Crippen molar-refractivity contribution in [1.29, 1.82) is 0 Å². The van der Waals surface area contributed by atoms with E-state index < -0.39 is 11.7 Å². The number of benzene rings is 2. The van der Waals surface area contributed by atoms with Crippen LogP contribution >= 0.6 is 11.6 Å². The van der Waals surface area contributed by atoms with Crippen LogP contribution in [-0.4, -0.2) is 54.3 Å². The van der Waals surface area contributed by atoms with Crippen molar-refractivity contribution in [3.63, 3.8) is 0 Å². The van der Waals surface area contributed by atoms with Gasteiger partial charge >= 0.3 is 0 Å². The summed E-state index contributed by atoms with van der Waals surface area (Å²) < 4.78 is 26.8. The minimum absolute atomic E-state index is 0.0844. The van der Waals surface area contributed by atoms with Gasteiger partial charge in [0.2, 0.25) is 5.91 Å². The molecule has 0 aliphatic carbocycles. The van der Waals surface area contributed by atoms with Crippen LogP contribution in [0.4, 0.5) is 14.5 Å². The molecule has 1 fully saturated rings. The number of rotatable bonds is 4. The fourth-order valence-electron chi connectivity index (χ4n) is 2.91. The fourth-order valence-corrected chi connectivity index (χ4v) is 3.15. The zero-order valence-electron chi connectivity index (χ0n) is 14.4. The second kappa shape index (κ2) is 8.45. The van der Waals surface area contributed by atoms with Gasteiger partial charge in [-0.15, -0.1) is 0 Å². The molecular formula is C19H18ClF2N3O2. The topological polar surface area (TPSA) is 52.7 Å². The van der Waals surface area contributed by atoms with Gasteiger partial charge in [0.15, 0.2) is 0 Å². The van der Waals surface area contributed by atoms with Gasteiger partial charge in [-0.3, -0.25) is 14.5 Å². The second-order valence-electron chi connectivity index (χ2n) is 6.22. The predicted octanol–water partition coefficient (Wildman–Crippen LogP) is 3.01. The Morgan fingerprint density at radius 2 is 1.67 bits per heavy atom. The number of carbonyl (C=O) groups is 2. The molecule has 0 bridgehead atoms. The highest BCUT2D eigenvalue weighted by molar-refractivity contribution is 6.33. The Morgan fingerprint density at radius 1 is 1.00 bits per heavy atom. The lowest BCUT2D eigenvalue weighted by molar-refractivity contribution is -0.117. The normalized spacial score (nSPS) is 14.9. The van der Waals surface area contributed by atoms with E-state index in [9.17, 15) is 18.4 Å². The third kappa shape index (κ3) is 4.81. The standard InChI is InChI=1S/C19H18ClF2N3O2/c20-15-2-1-3-16(22)18(15)19(27)25-10-8-24(9-11-25)12-17(26)23-14-6-4-13(21)5-7-14/h1-7H,8-12H2,(H,23,26). The maximum Gasteiger partial charge on any atom is 0.258 e. The minimum Gasteiger partial charge on any atom is -0.336 e. The highest BCUT2D eigenvalue weighted by Crippen LogP contribution is 2.21. The Hall–Kier alpha value is -2.51. The predicted molar refractivity (Wildman–Crippen MR) is 98.8 cm³/mol. The third-order valence-corrected chi connectivity index (χ3v) is 4.65. The molecule has 0 unspecified atom stereocenters. The molecule has 3 rings (SSSR count). The Labute approximate surface area is 160 Å². The number of halogens is 3. The molecule has 0 saturated carbocycles. The van der Waals surface area contributed by atoms with Gasteiger partial charge in [-0.1, -0.05) is 17.7 Å². The molecule has 27 heavy (non-hydrogen) atoms. The molecule has 1 N–H and O–H groups in total. The molecule has 0 atom stereocenters. The van der Waals surface area contributed by atoms with Gasteiger partial charge in [0.05, 0.1) is 17.1 Å². The zero-order valence-corrected chi connectivity index (χ0v) is 15.2. The van der Waals surface area contributed by atoms with Crippen LogP contribution in [-0.2, 0) is 4.79 Å². The number of amides is 2. The molecular weight excluding hydrogens is 376 g/mol. The summed E-state index contributed by atoms with van der Waals surface area (Å²) in [6, 6.07) is 9.65. The van der Waals surface area contributed by atoms with E-state index in [0.717, 1.165) is 0 Å². The van der Waals surface area contributed by atoms with Gasteiger partial charge in [0.1, 0.15) is 11.6 Å². The third-order valence-electron chi connectivity index (χ3n) is 4.33.